The van der Waals surface area contributed by atoms with Crippen molar-refractivity contribution in [2.75, 3.05) is 0 Å². The third-order valence-corrected chi connectivity index (χ3v) is 3.64. The summed E-state index contributed by atoms with van der Waals surface area (Å²) < 4.78 is 0. The number of benzene rings is 1. The molecule has 2 rings (SSSR count). The summed E-state index contributed by atoms with van der Waals surface area (Å²) in [6, 6.07) is 6.68. The summed E-state index contributed by atoms with van der Waals surface area (Å²) in [4.78, 5) is 2.42. The Balaban J connectivity index is 2.47. The molecule has 1 aliphatic heterocycles. The van der Waals surface area contributed by atoms with Gasteiger partial charge in [-0.05, 0) is 49.0 Å². The standard InChI is InChI=1S/C17H25N/c1-16(2,3)15-9-7-8-13-10-11-18(12-14(13)15)17(4,5)6/h7-11H,12H2,1-6H3. The number of hydrogen-bond donors (Lipinski definition) is 0. The second-order valence-corrected chi connectivity index (χ2v) is 7.24. The Bertz CT molecular complexity index is 469. The van der Waals surface area contributed by atoms with Crippen molar-refractivity contribution in [2.45, 2.75) is 59.0 Å². The molecule has 0 unspecified atom stereocenters. The molecule has 98 valence electrons. The van der Waals surface area contributed by atoms with Gasteiger partial charge in [-0.15, -0.1) is 0 Å². The van der Waals surface area contributed by atoms with Gasteiger partial charge in [0.15, 0.2) is 0 Å². The average Bonchev–Trinajstić information content (AvgIpc) is 2.25. The first-order valence-corrected chi connectivity index (χ1v) is 6.77. The Labute approximate surface area is 112 Å². The van der Waals surface area contributed by atoms with Crippen molar-refractivity contribution in [1.29, 1.82) is 0 Å². The number of fused-ring (bicyclic) bond motifs is 1. The molecule has 0 saturated heterocycles. The number of rotatable bonds is 0. The van der Waals surface area contributed by atoms with Crippen LogP contribution in [0.2, 0.25) is 0 Å². The second kappa shape index (κ2) is 4.15. The Morgan fingerprint density at radius 1 is 1.00 bits per heavy atom. The van der Waals surface area contributed by atoms with Crippen molar-refractivity contribution in [3.05, 3.63) is 41.1 Å². The quantitative estimate of drug-likeness (QED) is 0.645. The molecule has 18 heavy (non-hydrogen) atoms. The maximum atomic E-state index is 2.42. The minimum atomic E-state index is 0.180. The monoisotopic (exact) mass is 243 g/mol. The van der Waals surface area contributed by atoms with Crippen LogP contribution in [-0.2, 0) is 12.0 Å². The number of nitrogens with zero attached hydrogens (tertiary/aromatic N) is 1. The summed E-state index contributed by atoms with van der Waals surface area (Å²) in [5.74, 6) is 0. The Kier molecular flexibility index (Phi) is 3.04. The van der Waals surface area contributed by atoms with Crippen molar-refractivity contribution in [2.24, 2.45) is 0 Å². The highest BCUT2D eigenvalue weighted by Crippen LogP contribution is 2.33. The molecule has 1 heteroatoms. The van der Waals surface area contributed by atoms with Crippen molar-refractivity contribution >= 4 is 6.08 Å². The van der Waals surface area contributed by atoms with Gasteiger partial charge in [0.05, 0.1) is 0 Å². The van der Waals surface area contributed by atoms with Gasteiger partial charge in [-0.2, -0.15) is 0 Å². The predicted octanol–water partition coefficient (Wildman–Crippen LogP) is 4.57. The zero-order valence-electron chi connectivity index (χ0n) is 12.5. The third-order valence-electron chi connectivity index (χ3n) is 3.64. The van der Waals surface area contributed by atoms with E-state index in [1.54, 1.807) is 0 Å². The van der Waals surface area contributed by atoms with E-state index in [1.165, 1.54) is 16.7 Å². The molecule has 0 aliphatic carbocycles. The fourth-order valence-corrected chi connectivity index (χ4v) is 2.49. The zero-order chi connectivity index (χ0) is 13.6. The van der Waals surface area contributed by atoms with Crippen LogP contribution in [0, 0.1) is 0 Å². The molecule has 0 aromatic heterocycles. The van der Waals surface area contributed by atoms with Crippen LogP contribution >= 0.6 is 0 Å². The van der Waals surface area contributed by atoms with Gasteiger partial charge in [-0.3, -0.25) is 0 Å². The lowest BCUT2D eigenvalue weighted by atomic mass is 9.81. The van der Waals surface area contributed by atoms with E-state index in [0.29, 0.717) is 0 Å². The molecule has 0 saturated carbocycles. The first-order valence-electron chi connectivity index (χ1n) is 6.77. The van der Waals surface area contributed by atoms with Crippen LogP contribution in [0.4, 0.5) is 0 Å². The highest BCUT2D eigenvalue weighted by molar-refractivity contribution is 5.59. The van der Waals surface area contributed by atoms with Gasteiger partial charge < -0.3 is 4.90 Å². The molecule has 1 aromatic rings. The molecule has 0 amide bonds. The lowest BCUT2D eigenvalue weighted by Crippen LogP contribution is -2.38. The summed E-state index contributed by atoms with van der Waals surface area (Å²) >= 11 is 0. The van der Waals surface area contributed by atoms with Crippen LogP contribution in [0.15, 0.2) is 24.4 Å². The predicted molar refractivity (Wildman–Crippen MR) is 79.5 cm³/mol. The Morgan fingerprint density at radius 3 is 2.22 bits per heavy atom. The van der Waals surface area contributed by atoms with E-state index in [1.807, 2.05) is 0 Å². The normalized spacial score (nSPS) is 15.8. The molecule has 1 aromatic carbocycles. The van der Waals surface area contributed by atoms with E-state index < -0.39 is 0 Å². The van der Waals surface area contributed by atoms with Gasteiger partial charge in [-0.25, -0.2) is 0 Å². The first kappa shape index (κ1) is 13.2. The van der Waals surface area contributed by atoms with Gasteiger partial charge >= 0.3 is 0 Å². The molecule has 0 N–H and O–H groups in total. The molecule has 1 heterocycles. The molecule has 1 aliphatic rings. The SMILES string of the molecule is CC(C)(C)c1cccc2c1CN(C(C)(C)C)C=C2. The smallest absolute Gasteiger partial charge is 0.0438 e. The maximum Gasteiger partial charge on any atom is 0.0438 e. The van der Waals surface area contributed by atoms with Crippen LogP contribution in [0.5, 0.6) is 0 Å². The van der Waals surface area contributed by atoms with Crippen molar-refractivity contribution in [3.63, 3.8) is 0 Å². The lowest BCUT2D eigenvalue weighted by Gasteiger charge is -2.39. The summed E-state index contributed by atoms with van der Waals surface area (Å²) in [6.07, 6.45) is 4.48. The maximum absolute atomic E-state index is 2.42. The minimum Gasteiger partial charge on any atom is -0.368 e. The van der Waals surface area contributed by atoms with Crippen molar-refractivity contribution in [3.8, 4) is 0 Å². The molecule has 0 fully saturated rings. The largest absolute Gasteiger partial charge is 0.368 e. The van der Waals surface area contributed by atoms with Crippen LogP contribution in [0.3, 0.4) is 0 Å². The highest BCUT2D eigenvalue weighted by Gasteiger charge is 2.26. The summed E-state index contributed by atoms with van der Waals surface area (Å²) in [5, 5.41) is 0. The second-order valence-electron chi connectivity index (χ2n) is 7.24. The number of hydrogen-bond acceptors (Lipinski definition) is 1. The highest BCUT2D eigenvalue weighted by atomic mass is 15.2. The third kappa shape index (κ3) is 2.45. The fraction of sp³-hybridized carbons (Fsp3) is 0.529. The van der Waals surface area contributed by atoms with Gasteiger partial charge in [0, 0.05) is 18.3 Å². The minimum absolute atomic E-state index is 0.180. The fourth-order valence-electron chi connectivity index (χ4n) is 2.49. The van der Waals surface area contributed by atoms with Gasteiger partial charge in [0.2, 0.25) is 0 Å². The molecule has 0 bridgehead atoms. The summed E-state index contributed by atoms with van der Waals surface area (Å²) in [6.45, 7) is 14.7. The van der Waals surface area contributed by atoms with Gasteiger partial charge in [0.1, 0.15) is 0 Å². The van der Waals surface area contributed by atoms with E-state index in [2.05, 4.69) is 76.9 Å². The van der Waals surface area contributed by atoms with Gasteiger partial charge in [-0.1, -0.05) is 39.0 Å². The Morgan fingerprint density at radius 2 is 1.67 bits per heavy atom. The van der Waals surface area contributed by atoms with Crippen molar-refractivity contribution in [1.82, 2.24) is 4.90 Å². The molecule has 0 radical (unpaired) electrons. The van der Waals surface area contributed by atoms with Crippen molar-refractivity contribution < 1.29 is 0 Å². The van der Waals surface area contributed by atoms with Crippen LogP contribution < -0.4 is 0 Å². The summed E-state index contributed by atoms with van der Waals surface area (Å²) in [7, 11) is 0. The van der Waals surface area contributed by atoms with E-state index in [-0.39, 0.29) is 11.0 Å². The van der Waals surface area contributed by atoms with E-state index in [9.17, 15) is 0 Å². The van der Waals surface area contributed by atoms with E-state index in [0.717, 1.165) is 6.54 Å². The molecular formula is C17H25N. The van der Waals surface area contributed by atoms with Crippen LogP contribution in [-0.4, -0.2) is 10.4 Å². The molecule has 0 atom stereocenters. The topological polar surface area (TPSA) is 3.24 Å². The van der Waals surface area contributed by atoms with Crippen LogP contribution in [0.25, 0.3) is 6.08 Å². The zero-order valence-corrected chi connectivity index (χ0v) is 12.5. The molecule has 1 nitrogen and oxygen atoms in total. The van der Waals surface area contributed by atoms with Gasteiger partial charge in [0.25, 0.3) is 0 Å². The molecular weight excluding hydrogens is 218 g/mol. The van der Waals surface area contributed by atoms with E-state index >= 15 is 0 Å². The van der Waals surface area contributed by atoms with E-state index in [4.69, 9.17) is 0 Å². The Hall–Kier alpha value is -1.24. The summed E-state index contributed by atoms with van der Waals surface area (Å²) in [5.41, 5.74) is 4.73. The first-order chi connectivity index (χ1) is 8.19. The lowest BCUT2D eigenvalue weighted by molar-refractivity contribution is 0.195. The van der Waals surface area contributed by atoms with Crippen LogP contribution in [0.1, 0.15) is 58.2 Å². The molecule has 0 spiro atoms. The average molecular weight is 243 g/mol.